The molecular weight excluding hydrogens is 424 g/mol. The lowest BCUT2D eigenvalue weighted by Gasteiger charge is -2.33. The van der Waals surface area contributed by atoms with Gasteiger partial charge < -0.3 is 15.2 Å². The molecular formula is C24H30N4O3S. The summed E-state index contributed by atoms with van der Waals surface area (Å²) >= 11 is 5.30. The average molecular weight is 455 g/mol. The van der Waals surface area contributed by atoms with Crippen LogP contribution in [0.15, 0.2) is 35.6 Å². The summed E-state index contributed by atoms with van der Waals surface area (Å²) in [5, 5.41) is 3.68. The monoisotopic (exact) mass is 454 g/mol. The molecule has 2 aliphatic rings. The number of nitrogens with one attached hydrogen (secondary N) is 2. The van der Waals surface area contributed by atoms with Crippen LogP contribution in [0.25, 0.3) is 10.9 Å². The molecule has 2 aromatic rings. The van der Waals surface area contributed by atoms with Crippen molar-refractivity contribution < 1.29 is 9.59 Å². The van der Waals surface area contributed by atoms with E-state index in [1.807, 2.05) is 0 Å². The molecule has 1 aromatic carbocycles. The number of amides is 2. The van der Waals surface area contributed by atoms with Gasteiger partial charge in [0.05, 0.1) is 16.8 Å². The van der Waals surface area contributed by atoms with Crippen LogP contribution in [0.4, 0.5) is 0 Å². The van der Waals surface area contributed by atoms with Crippen molar-refractivity contribution in [1.29, 1.82) is 0 Å². The summed E-state index contributed by atoms with van der Waals surface area (Å²) in [6.45, 7) is 5.03. The van der Waals surface area contributed by atoms with Crippen molar-refractivity contribution in [2.24, 2.45) is 5.92 Å². The third-order valence-corrected chi connectivity index (χ3v) is 6.89. The Hall–Kier alpha value is -2.74. The fraction of sp³-hybridized carbons (Fsp3) is 0.500. The van der Waals surface area contributed by atoms with E-state index < -0.39 is 0 Å². The van der Waals surface area contributed by atoms with Gasteiger partial charge in [-0.25, -0.2) is 0 Å². The zero-order valence-corrected chi connectivity index (χ0v) is 19.1. The highest BCUT2D eigenvalue weighted by atomic mass is 32.1. The lowest BCUT2D eigenvalue weighted by atomic mass is 9.92. The summed E-state index contributed by atoms with van der Waals surface area (Å²) in [7, 11) is 0. The van der Waals surface area contributed by atoms with E-state index in [-0.39, 0.29) is 29.3 Å². The van der Waals surface area contributed by atoms with Gasteiger partial charge in [0.2, 0.25) is 5.91 Å². The fourth-order valence-electron chi connectivity index (χ4n) is 4.81. The Morgan fingerprint density at radius 2 is 1.97 bits per heavy atom. The van der Waals surface area contributed by atoms with E-state index in [1.54, 1.807) is 29.2 Å². The molecule has 170 valence electrons. The first kappa shape index (κ1) is 22.5. The number of H-pyrrole nitrogens is 1. The van der Waals surface area contributed by atoms with Crippen LogP contribution in [0.2, 0.25) is 0 Å². The summed E-state index contributed by atoms with van der Waals surface area (Å²) < 4.78 is 1.73. The molecule has 1 aliphatic carbocycles. The molecule has 1 unspecified atom stereocenters. The lowest BCUT2D eigenvalue weighted by molar-refractivity contribution is -0.127. The minimum atomic E-state index is -0.208. The summed E-state index contributed by atoms with van der Waals surface area (Å²) in [6, 6.07) is 5.29. The maximum absolute atomic E-state index is 13.2. The minimum Gasteiger partial charge on any atom is -0.353 e. The summed E-state index contributed by atoms with van der Waals surface area (Å²) in [6.07, 6.45) is 8.91. The lowest BCUT2D eigenvalue weighted by Crippen LogP contribution is -2.47. The normalized spacial score (nSPS) is 19.6. The van der Waals surface area contributed by atoms with Crippen LogP contribution in [-0.2, 0) is 11.3 Å². The highest BCUT2D eigenvalue weighted by Gasteiger charge is 2.30. The largest absolute Gasteiger partial charge is 0.353 e. The quantitative estimate of drug-likeness (QED) is 0.534. The van der Waals surface area contributed by atoms with E-state index in [4.69, 9.17) is 12.2 Å². The molecule has 32 heavy (non-hydrogen) atoms. The van der Waals surface area contributed by atoms with Gasteiger partial charge in [-0.1, -0.05) is 25.3 Å². The van der Waals surface area contributed by atoms with Crippen LogP contribution in [-0.4, -0.2) is 45.4 Å². The number of carbonyl (C=O) groups is 2. The van der Waals surface area contributed by atoms with Crippen molar-refractivity contribution in [1.82, 2.24) is 19.8 Å². The maximum atomic E-state index is 13.2. The third kappa shape index (κ3) is 4.70. The summed E-state index contributed by atoms with van der Waals surface area (Å²) in [5.41, 5.74) is 0.812. The minimum absolute atomic E-state index is 0.0692. The fourth-order valence-corrected chi connectivity index (χ4v) is 5.07. The first-order valence-electron chi connectivity index (χ1n) is 11.5. The van der Waals surface area contributed by atoms with E-state index in [0.717, 1.165) is 25.7 Å². The number of rotatable bonds is 5. The molecule has 1 atom stereocenters. The molecule has 4 rings (SSSR count). The van der Waals surface area contributed by atoms with Crippen molar-refractivity contribution in [3.63, 3.8) is 0 Å². The average Bonchev–Trinajstić information content (AvgIpc) is 2.81. The molecule has 2 heterocycles. The van der Waals surface area contributed by atoms with Gasteiger partial charge in [-0.3, -0.25) is 19.0 Å². The second-order valence-electron chi connectivity index (χ2n) is 8.83. The molecule has 0 bridgehead atoms. The highest BCUT2D eigenvalue weighted by molar-refractivity contribution is 7.71. The standard InChI is InChI=1S/C24H30N4O3S/c1-2-12-28-23(31)19-11-10-16(14-20(19)26-24(28)32)22(30)27-13-6-7-17(15-27)21(29)25-18-8-4-3-5-9-18/h2,10-11,14,17-18H,1,3-9,12-13,15H2,(H,25,29)(H,26,32). The number of hydrogen-bond donors (Lipinski definition) is 2. The Morgan fingerprint density at radius 1 is 1.19 bits per heavy atom. The van der Waals surface area contributed by atoms with Gasteiger partial charge in [0.1, 0.15) is 0 Å². The second kappa shape index (κ2) is 9.81. The first-order chi connectivity index (χ1) is 15.5. The summed E-state index contributed by atoms with van der Waals surface area (Å²) in [5.74, 6) is -0.233. The van der Waals surface area contributed by atoms with Crippen molar-refractivity contribution in [2.45, 2.75) is 57.5 Å². The molecule has 1 saturated heterocycles. The Labute approximate surface area is 192 Å². The molecule has 1 aliphatic heterocycles. The van der Waals surface area contributed by atoms with E-state index in [1.165, 1.54) is 23.8 Å². The van der Waals surface area contributed by atoms with E-state index in [0.29, 0.717) is 40.9 Å². The number of fused-ring (bicyclic) bond motifs is 1. The molecule has 1 saturated carbocycles. The topological polar surface area (TPSA) is 87.2 Å². The molecule has 0 spiro atoms. The van der Waals surface area contributed by atoms with Gasteiger partial charge in [-0.2, -0.15) is 0 Å². The molecule has 2 amide bonds. The SMILES string of the molecule is C=CCn1c(=S)[nH]c2cc(C(=O)N3CCCC(C(=O)NC4CCCCC4)C3)ccc2c1=O. The van der Waals surface area contributed by atoms with E-state index >= 15 is 0 Å². The van der Waals surface area contributed by atoms with Gasteiger partial charge in [-0.15, -0.1) is 6.58 Å². The van der Waals surface area contributed by atoms with Crippen LogP contribution in [0, 0.1) is 10.7 Å². The number of aromatic amines is 1. The zero-order valence-electron chi connectivity index (χ0n) is 18.3. The van der Waals surface area contributed by atoms with Gasteiger partial charge >= 0.3 is 0 Å². The van der Waals surface area contributed by atoms with Gasteiger partial charge in [0.25, 0.3) is 11.5 Å². The first-order valence-corrected chi connectivity index (χ1v) is 11.9. The van der Waals surface area contributed by atoms with Crippen LogP contribution in [0.3, 0.4) is 0 Å². The van der Waals surface area contributed by atoms with Crippen molar-refractivity contribution >= 4 is 34.9 Å². The Morgan fingerprint density at radius 3 is 2.72 bits per heavy atom. The number of hydrogen-bond acceptors (Lipinski definition) is 4. The number of nitrogens with zero attached hydrogens (tertiary/aromatic N) is 2. The number of likely N-dealkylation sites (tertiary alicyclic amines) is 1. The third-order valence-electron chi connectivity index (χ3n) is 6.57. The molecule has 7 nitrogen and oxygen atoms in total. The van der Waals surface area contributed by atoms with Crippen molar-refractivity contribution in [3.05, 3.63) is 51.5 Å². The Bertz CT molecular complexity index is 1150. The van der Waals surface area contributed by atoms with E-state index in [9.17, 15) is 14.4 Å². The number of benzene rings is 1. The van der Waals surface area contributed by atoms with E-state index in [2.05, 4.69) is 16.9 Å². The van der Waals surface area contributed by atoms with Gasteiger partial charge in [-0.05, 0) is 56.1 Å². The predicted octanol–water partition coefficient (Wildman–Crippen LogP) is 3.55. The van der Waals surface area contributed by atoms with Crippen molar-refractivity contribution in [3.8, 4) is 0 Å². The summed E-state index contributed by atoms with van der Waals surface area (Å²) in [4.78, 5) is 43.5. The molecule has 0 radical (unpaired) electrons. The molecule has 1 aromatic heterocycles. The second-order valence-corrected chi connectivity index (χ2v) is 9.22. The zero-order chi connectivity index (χ0) is 22.7. The van der Waals surface area contributed by atoms with Gasteiger partial charge in [0.15, 0.2) is 4.77 Å². The Kier molecular flexibility index (Phi) is 6.89. The van der Waals surface area contributed by atoms with Gasteiger partial charge in [0, 0.05) is 31.2 Å². The number of allylic oxidation sites excluding steroid dienone is 1. The van der Waals surface area contributed by atoms with Crippen LogP contribution in [0.1, 0.15) is 55.3 Å². The van der Waals surface area contributed by atoms with Crippen LogP contribution in [0.5, 0.6) is 0 Å². The smallest absolute Gasteiger partial charge is 0.262 e. The van der Waals surface area contributed by atoms with Crippen molar-refractivity contribution in [2.75, 3.05) is 13.1 Å². The molecule has 8 heteroatoms. The van der Waals surface area contributed by atoms with Crippen LogP contribution < -0.4 is 10.9 Å². The molecule has 2 fully saturated rings. The maximum Gasteiger partial charge on any atom is 0.262 e. The van der Waals surface area contributed by atoms with Crippen LogP contribution >= 0.6 is 12.2 Å². The Balaban J connectivity index is 1.50. The number of aromatic nitrogens is 2. The highest BCUT2D eigenvalue weighted by Crippen LogP contribution is 2.22. The number of piperidine rings is 1. The molecule has 2 N–H and O–H groups in total. The predicted molar refractivity (Wildman–Crippen MR) is 127 cm³/mol. The number of carbonyl (C=O) groups excluding carboxylic acids is 2.